The summed E-state index contributed by atoms with van der Waals surface area (Å²) < 4.78 is 0. The van der Waals surface area contributed by atoms with Gasteiger partial charge in [0.15, 0.2) is 5.78 Å². The Bertz CT molecular complexity index is 1270. The molecule has 1 amide bonds. The highest BCUT2D eigenvalue weighted by Crippen LogP contribution is 2.54. The predicted octanol–water partition coefficient (Wildman–Crippen LogP) is -0.0625. The molecule has 2 atom stereocenters. The summed E-state index contributed by atoms with van der Waals surface area (Å²) in [6.45, 7) is 1.26. The third-order valence-corrected chi connectivity index (χ3v) is 6.73. The average molecular weight is 477 g/mol. The Balaban J connectivity index is 2.04. The molecule has 7 N–H and O–H groups in total. The number of halogens is 1. The number of benzene rings is 1. The van der Waals surface area contributed by atoms with Gasteiger partial charge in [0.05, 0.1) is 22.8 Å². The summed E-state index contributed by atoms with van der Waals surface area (Å²) in [4.78, 5) is 39.9. The van der Waals surface area contributed by atoms with Crippen LogP contribution in [0.2, 0.25) is 5.02 Å². The topological polar surface area (TPSA) is 182 Å². The minimum Gasteiger partial charge on any atom is -0.509 e. The number of Topliss-reactive ketones (excluding diaryl/α,β-unsaturated/α-hetero) is 2. The van der Waals surface area contributed by atoms with E-state index < -0.39 is 68.7 Å². The van der Waals surface area contributed by atoms with Crippen LogP contribution in [0.25, 0.3) is 0 Å². The molecule has 0 radical (unpaired) electrons. The summed E-state index contributed by atoms with van der Waals surface area (Å²) in [6.07, 6.45) is -0.345. The number of hydrogen-bond donors (Lipinski definition) is 6. The maximum absolute atomic E-state index is 13.4. The highest BCUT2D eigenvalue weighted by molar-refractivity contribution is 6.33. The fourth-order valence-electron chi connectivity index (χ4n) is 5.06. The first-order valence-corrected chi connectivity index (χ1v) is 10.2. The van der Waals surface area contributed by atoms with Crippen molar-refractivity contribution < 1.29 is 39.9 Å². The number of amides is 1. The van der Waals surface area contributed by atoms with Gasteiger partial charge in [-0.25, -0.2) is 0 Å². The Morgan fingerprint density at radius 2 is 1.73 bits per heavy atom. The number of rotatable bonds is 2. The number of hydrogen-bond acceptors (Lipinski definition) is 9. The maximum atomic E-state index is 13.4. The van der Waals surface area contributed by atoms with Crippen LogP contribution in [0.4, 0.5) is 0 Å². The van der Waals surface area contributed by atoms with Crippen LogP contribution in [-0.2, 0) is 15.2 Å². The number of nitrogens with zero attached hydrogens (tertiary/aromatic N) is 1. The van der Waals surface area contributed by atoms with Crippen molar-refractivity contribution in [1.29, 1.82) is 0 Å². The summed E-state index contributed by atoms with van der Waals surface area (Å²) in [7, 11) is 3.02. The lowest BCUT2D eigenvalue weighted by atomic mass is 9.63. The zero-order valence-electron chi connectivity index (χ0n) is 17.8. The fraction of sp³-hybridized carbons (Fsp3) is 0.318. The van der Waals surface area contributed by atoms with Gasteiger partial charge in [-0.1, -0.05) is 11.6 Å². The molecular weight excluding hydrogens is 456 g/mol. The zero-order valence-corrected chi connectivity index (χ0v) is 18.6. The standard InChI is InChI=1S/C22H21ClN2O8/c1-21(31)8-6-7-13(18(28)12(20(24)30)19(29)16(7)25(2)3)22(32,33)14(8)17(27)11-10(26)5-4-9(23)15(11)21/h4-5,16,26,29,31-33H,6H2,1-3H3,(H2,24,30). The monoisotopic (exact) mass is 476 g/mol. The van der Waals surface area contributed by atoms with Gasteiger partial charge >= 0.3 is 0 Å². The van der Waals surface area contributed by atoms with E-state index in [9.17, 15) is 39.9 Å². The first-order valence-electron chi connectivity index (χ1n) is 9.81. The van der Waals surface area contributed by atoms with Gasteiger partial charge in [-0.05, 0) is 50.7 Å². The lowest BCUT2D eigenvalue weighted by molar-refractivity contribution is -0.129. The van der Waals surface area contributed by atoms with E-state index in [1.807, 2.05) is 0 Å². The van der Waals surface area contributed by atoms with E-state index in [1.165, 1.54) is 32.0 Å². The van der Waals surface area contributed by atoms with Crippen molar-refractivity contribution in [1.82, 2.24) is 4.90 Å². The minimum absolute atomic E-state index is 0.0379. The van der Waals surface area contributed by atoms with E-state index in [-0.39, 0.29) is 28.2 Å². The first-order chi connectivity index (χ1) is 15.2. The Kier molecular flexibility index (Phi) is 4.90. The van der Waals surface area contributed by atoms with E-state index >= 15 is 0 Å². The Hall–Kier alpha value is -3.02. The van der Waals surface area contributed by atoms with E-state index in [0.717, 1.165) is 6.07 Å². The molecule has 0 saturated carbocycles. The molecule has 3 aliphatic rings. The molecular formula is C22H21ClN2O8. The second-order valence-electron chi connectivity index (χ2n) is 8.64. The second-order valence-corrected chi connectivity index (χ2v) is 9.05. The van der Waals surface area contributed by atoms with Crippen LogP contribution in [0, 0.1) is 0 Å². The van der Waals surface area contributed by atoms with E-state index in [0.29, 0.717) is 0 Å². The van der Waals surface area contributed by atoms with Gasteiger partial charge in [0, 0.05) is 10.6 Å². The van der Waals surface area contributed by atoms with Crippen molar-refractivity contribution in [3.8, 4) is 5.75 Å². The Morgan fingerprint density at radius 1 is 1.12 bits per heavy atom. The number of carbonyl (C=O) groups is 3. The van der Waals surface area contributed by atoms with Gasteiger partial charge < -0.3 is 31.3 Å². The molecule has 0 heterocycles. The van der Waals surface area contributed by atoms with Gasteiger partial charge in [0.25, 0.3) is 5.91 Å². The van der Waals surface area contributed by atoms with Crippen molar-refractivity contribution in [2.45, 2.75) is 30.8 Å². The molecule has 0 saturated heterocycles. The minimum atomic E-state index is -3.27. The molecule has 0 spiro atoms. The molecule has 4 rings (SSSR count). The molecule has 1 aromatic rings. The molecule has 10 nitrogen and oxygen atoms in total. The van der Waals surface area contributed by atoms with Crippen molar-refractivity contribution in [2.24, 2.45) is 5.73 Å². The fourth-order valence-corrected chi connectivity index (χ4v) is 5.40. The normalized spacial score (nSPS) is 26.5. The summed E-state index contributed by atoms with van der Waals surface area (Å²) in [5.74, 6) is -8.12. The summed E-state index contributed by atoms with van der Waals surface area (Å²) in [5.41, 5.74) is 0.120. The molecule has 1 aromatic carbocycles. The highest BCUT2D eigenvalue weighted by Gasteiger charge is 2.58. The number of phenolic OH excluding ortho intramolecular Hbond substituents is 1. The van der Waals surface area contributed by atoms with Crippen LogP contribution in [0.15, 0.2) is 45.8 Å². The van der Waals surface area contributed by atoms with Gasteiger partial charge in [-0.2, -0.15) is 0 Å². The maximum Gasteiger partial charge on any atom is 0.256 e. The van der Waals surface area contributed by atoms with E-state index in [4.69, 9.17) is 17.3 Å². The van der Waals surface area contributed by atoms with Gasteiger partial charge in [-0.15, -0.1) is 0 Å². The van der Waals surface area contributed by atoms with Crippen LogP contribution in [0.3, 0.4) is 0 Å². The molecule has 3 aliphatic carbocycles. The highest BCUT2D eigenvalue weighted by atomic mass is 35.5. The number of ketones is 2. The van der Waals surface area contributed by atoms with Crippen molar-refractivity contribution in [3.63, 3.8) is 0 Å². The number of primary amides is 1. The van der Waals surface area contributed by atoms with E-state index in [1.54, 1.807) is 0 Å². The number of fused-ring (bicyclic) bond motifs is 1. The molecule has 2 unspecified atom stereocenters. The van der Waals surface area contributed by atoms with Crippen LogP contribution < -0.4 is 5.73 Å². The van der Waals surface area contributed by atoms with Crippen molar-refractivity contribution >= 4 is 29.1 Å². The van der Waals surface area contributed by atoms with Crippen molar-refractivity contribution in [3.05, 3.63) is 61.9 Å². The average Bonchev–Trinajstić information content (AvgIpc) is 2.66. The molecule has 0 fully saturated rings. The zero-order chi connectivity index (χ0) is 24.8. The number of nitrogens with two attached hydrogens (primary N) is 1. The van der Waals surface area contributed by atoms with Crippen molar-refractivity contribution in [2.75, 3.05) is 14.1 Å². The molecule has 0 aromatic heterocycles. The lowest BCUT2D eigenvalue weighted by Gasteiger charge is -2.46. The third kappa shape index (κ3) is 2.85. The predicted molar refractivity (Wildman–Crippen MR) is 114 cm³/mol. The summed E-state index contributed by atoms with van der Waals surface area (Å²) >= 11 is 6.24. The van der Waals surface area contributed by atoms with Crippen LogP contribution in [0.1, 0.15) is 29.3 Å². The molecule has 11 heteroatoms. The summed E-state index contributed by atoms with van der Waals surface area (Å²) in [5, 5.41) is 54.8. The quantitative estimate of drug-likeness (QED) is 0.251. The first kappa shape index (κ1) is 23.1. The van der Waals surface area contributed by atoms with Gasteiger partial charge in [-0.3, -0.25) is 19.3 Å². The largest absolute Gasteiger partial charge is 0.509 e. The van der Waals surface area contributed by atoms with Gasteiger partial charge in [0.2, 0.25) is 11.6 Å². The van der Waals surface area contributed by atoms with E-state index in [2.05, 4.69) is 0 Å². The molecule has 174 valence electrons. The molecule has 0 bridgehead atoms. The SMILES string of the molecule is CN(C)C1C(O)=C(C(N)=O)C(=O)C2=C1CC1=C(C(=O)c3c(O)ccc(Cl)c3C1(C)O)C2(O)O. The van der Waals surface area contributed by atoms with Crippen LogP contribution in [0.5, 0.6) is 5.75 Å². The smallest absolute Gasteiger partial charge is 0.256 e. The lowest BCUT2D eigenvalue weighted by Crippen LogP contribution is -2.53. The number of likely N-dealkylation sites (N-methyl/N-ethyl adjacent to an activating group) is 1. The molecule has 33 heavy (non-hydrogen) atoms. The van der Waals surface area contributed by atoms with Crippen LogP contribution >= 0.6 is 11.6 Å². The number of carbonyl (C=O) groups excluding carboxylic acids is 3. The number of aliphatic hydroxyl groups is 4. The number of aliphatic hydroxyl groups excluding tert-OH is 1. The van der Waals surface area contributed by atoms with Gasteiger partial charge in [0.1, 0.15) is 22.7 Å². The third-order valence-electron chi connectivity index (χ3n) is 6.41. The summed E-state index contributed by atoms with van der Waals surface area (Å²) in [6, 6.07) is 1.21. The Morgan fingerprint density at radius 3 is 2.27 bits per heavy atom. The molecule has 0 aliphatic heterocycles. The number of aromatic hydroxyl groups is 1. The second kappa shape index (κ2) is 6.99. The Labute approximate surface area is 192 Å². The number of phenols is 1. The van der Waals surface area contributed by atoms with Crippen LogP contribution in [-0.4, -0.2) is 73.8 Å².